The number of ether oxygens (including phenoxy) is 2. The van der Waals surface area contributed by atoms with Gasteiger partial charge in [0.25, 0.3) is 17.7 Å². The minimum atomic E-state index is -0.454. The van der Waals surface area contributed by atoms with Crippen molar-refractivity contribution < 1.29 is 23.9 Å². The molecule has 41 heavy (non-hydrogen) atoms. The number of fused-ring (bicyclic) bond motifs is 8. The number of aryl methyl sites for hydroxylation is 1. The molecule has 2 atom stereocenters. The lowest BCUT2D eigenvalue weighted by Gasteiger charge is -2.39. The molecular weight excluding hydrogens is 518 g/mol. The molecule has 0 radical (unpaired) electrons. The summed E-state index contributed by atoms with van der Waals surface area (Å²) >= 11 is 0. The number of rotatable bonds is 1. The first kappa shape index (κ1) is 26.4. The topological polar surface area (TPSA) is 97.0 Å². The second kappa shape index (κ2) is 11.3. The van der Waals surface area contributed by atoms with Crippen molar-refractivity contribution in [3.05, 3.63) is 107 Å². The Hall–Kier alpha value is -4.85. The van der Waals surface area contributed by atoms with Crippen LogP contribution in [0.4, 0.5) is 0 Å². The fraction of sp³-hybridized carbons (Fsp3) is 0.242. The molecule has 4 aromatic rings. The lowest BCUT2D eigenvalue weighted by atomic mass is 9.99. The first-order valence-electron chi connectivity index (χ1n) is 13.8. The fourth-order valence-electron chi connectivity index (χ4n) is 5.30. The summed E-state index contributed by atoms with van der Waals surface area (Å²) < 4.78 is 12.1. The second-order valence-corrected chi connectivity index (χ2v) is 10.5. The highest BCUT2D eigenvalue weighted by molar-refractivity contribution is 5.99. The van der Waals surface area contributed by atoms with Crippen LogP contribution in [0.3, 0.4) is 0 Å². The molecule has 4 bridgehead atoms. The van der Waals surface area contributed by atoms with Crippen LogP contribution in [-0.4, -0.2) is 54.5 Å². The normalized spacial score (nSPS) is 19.3. The van der Waals surface area contributed by atoms with Crippen molar-refractivity contribution in [1.29, 1.82) is 0 Å². The zero-order valence-electron chi connectivity index (χ0n) is 22.8. The Labute approximate surface area is 238 Å². The third kappa shape index (κ3) is 5.87. The highest BCUT2D eigenvalue weighted by Crippen LogP contribution is 2.25. The van der Waals surface area contributed by atoms with Gasteiger partial charge in [-0.15, -0.1) is 0 Å². The van der Waals surface area contributed by atoms with Crippen LogP contribution in [-0.2, 0) is 11.3 Å². The van der Waals surface area contributed by atoms with E-state index in [1.165, 1.54) is 0 Å². The van der Waals surface area contributed by atoms with Crippen molar-refractivity contribution in [1.82, 2.24) is 15.5 Å². The van der Waals surface area contributed by atoms with Gasteiger partial charge in [-0.3, -0.25) is 14.4 Å². The van der Waals surface area contributed by atoms with Gasteiger partial charge >= 0.3 is 0 Å². The molecule has 0 spiro atoms. The summed E-state index contributed by atoms with van der Waals surface area (Å²) in [6.45, 7) is 2.85. The molecule has 208 valence electrons. The van der Waals surface area contributed by atoms with Crippen molar-refractivity contribution in [3.8, 4) is 11.5 Å². The highest BCUT2D eigenvalue weighted by Gasteiger charge is 2.35. The monoisotopic (exact) mass is 549 g/mol. The second-order valence-electron chi connectivity index (χ2n) is 10.5. The quantitative estimate of drug-likeness (QED) is 0.370. The van der Waals surface area contributed by atoms with Gasteiger partial charge in [0.2, 0.25) is 0 Å². The smallest absolute Gasteiger partial charge is 0.258 e. The van der Waals surface area contributed by atoms with Gasteiger partial charge in [0.1, 0.15) is 17.6 Å². The summed E-state index contributed by atoms with van der Waals surface area (Å²) in [5.74, 6) is 0.470. The molecule has 1 saturated heterocycles. The van der Waals surface area contributed by atoms with E-state index in [9.17, 15) is 14.4 Å². The molecule has 7 rings (SSSR count). The van der Waals surface area contributed by atoms with Crippen molar-refractivity contribution >= 4 is 28.5 Å². The molecule has 4 aromatic carbocycles. The first-order chi connectivity index (χ1) is 19.9. The average molecular weight is 550 g/mol. The summed E-state index contributed by atoms with van der Waals surface area (Å²) in [7, 11) is 0. The summed E-state index contributed by atoms with van der Waals surface area (Å²) in [4.78, 5) is 41.2. The number of nitrogens with zero attached hydrogens (tertiary/aromatic N) is 1. The molecular formula is C33H31N3O5. The van der Waals surface area contributed by atoms with E-state index in [0.717, 1.165) is 21.9 Å². The SMILES string of the molecule is Cc1ccc2cc1OCC(=O)NCc1ccc(cc1)O[C@H]1CCN(C(=O)c3ccc4ccccc4c3)C[C@@H]1NC2=O. The van der Waals surface area contributed by atoms with E-state index >= 15 is 0 Å². The highest BCUT2D eigenvalue weighted by atomic mass is 16.5. The maximum Gasteiger partial charge on any atom is 0.258 e. The standard InChI is InChI=1S/C33H31N3O5/c1-21-6-9-25-17-30(21)40-20-31(37)34-18-22-7-12-27(13-8-22)41-29-14-15-36(19-28(29)35-32(25)38)33(39)26-11-10-23-4-2-3-5-24(23)16-26/h2-13,16-17,28-29H,14-15,18-20H2,1H3,(H,34,37)(H,35,38)/t28-,29-/m0/s1. The molecule has 3 aliphatic rings. The molecule has 1 fully saturated rings. The van der Waals surface area contributed by atoms with Crippen LogP contribution >= 0.6 is 0 Å². The van der Waals surface area contributed by atoms with E-state index in [1.807, 2.05) is 73.7 Å². The summed E-state index contributed by atoms with van der Waals surface area (Å²) in [6, 6.07) is 25.9. The van der Waals surface area contributed by atoms with Crippen LogP contribution in [0, 0.1) is 6.92 Å². The summed E-state index contributed by atoms with van der Waals surface area (Å²) in [5, 5.41) is 8.04. The molecule has 3 heterocycles. The number of hydrogen-bond acceptors (Lipinski definition) is 5. The Bertz CT molecular complexity index is 1620. The summed E-state index contributed by atoms with van der Waals surface area (Å²) in [6.07, 6.45) is 0.201. The maximum atomic E-state index is 13.6. The van der Waals surface area contributed by atoms with Crippen LogP contribution in [0.25, 0.3) is 10.8 Å². The lowest BCUT2D eigenvalue weighted by molar-refractivity contribution is -0.123. The molecule has 2 N–H and O–H groups in total. The molecule has 0 saturated carbocycles. The van der Waals surface area contributed by atoms with Gasteiger partial charge in [0.05, 0.1) is 6.04 Å². The largest absolute Gasteiger partial charge is 0.488 e. The van der Waals surface area contributed by atoms with Gasteiger partial charge in [-0.25, -0.2) is 0 Å². The predicted octanol–water partition coefficient (Wildman–Crippen LogP) is 4.25. The number of amides is 3. The number of hydrogen-bond donors (Lipinski definition) is 2. The van der Waals surface area contributed by atoms with Crippen LogP contribution < -0.4 is 20.1 Å². The number of piperidine rings is 1. The van der Waals surface area contributed by atoms with Crippen molar-refractivity contribution in [3.63, 3.8) is 0 Å². The molecule has 0 aromatic heterocycles. The van der Waals surface area contributed by atoms with E-state index in [2.05, 4.69) is 10.6 Å². The van der Waals surface area contributed by atoms with Crippen molar-refractivity contribution in [2.45, 2.75) is 32.0 Å². The fourth-order valence-corrected chi connectivity index (χ4v) is 5.30. The maximum absolute atomic E-state index is 13.6. The third-order valence-corrected chi connectivity index (χ3v) is 7.66. The minimum absolute atomic E-state index is 0.0839. The minimum Gasteiger partial charge on any atom is -0.488 e. The average Bonchev–Trinajstić information content (AvgIpc) is 3.00. The van der Waals surface area contributed by atoms with Gasteiger partial charge < -0.3 is 25.0 Å². The van der Waals surface area contributed by atoms with Gasteiger partial charge in [0.15, 0.2) is 6.61 Å². The third-order valence-electron chi connectivity index (χ3n) is 7.66. The molecule has 0 aliphatic carbocycles. The number of likely N-dealkylation sites (tertiary alicyclic amines) is 1. The molecule has 3 amide bonds. The Morgan fingerprint density at radius 2 is 1.73 bits per heavy atom. The molecule has 8 nitrogen and oxygen atoms in total. The van der Waals surface area contributed by atoms with Gasteiger partial charge in [-0.1, -0.05) is 48.5 Å². The van der Waals surface area contributed by atoms with E-state index in [0.29, 0.717) is 48.7 Å². The van der Waals surface area contributed by atoms with Gasteiger partial charge in [0, 0.05) is 37.2 Å². The van der Waals surface area contributed by atoms with Gasteiger partial charge in [-0.2, -0.15) is 0 Å². The van der Waals surface area contributed by atoms with E-state index < -0.39 is 6.04 Å². The van der Waals surface area contributed by atoms with Crippen molar-refractivity contribution in [2.75, 3.05) is 19.7 Å². The molecule has 3 aliphatic heterocycles. The lowest BCUT2D eigenvalue weighted by Crippen LogP contribution is -2.58. The van der Waals surface area contributed by atoms with Crippen molar-refractivity contribution in [2.24, 2.45) is 0 Å². The number of benzene rings is 4. The number of carbonyl (C=O) groups is 3. The zero-order chi connectivity index (χ0) is 28.3. The Balaban J connectivity index is 1.28. The Morgan fingerprint density at radius 1 is 0.927 bits per heavy atom. The number of nitrogens with one attached hydrogen (secondary N) is 2. The molecule has 8 heteroatoms. The predicted molar refractivity (Wildman–Crippen MR) is 155 cm³/mol. The van der Waals surface area contributed by atoms with Crippen LogP contribution in [0.1, 0.15) is 38.3 Å². The van der Waals surface area contributed by atoms with E-state index in [1.54, 1.807) is 23.1 Å². The van der Waals surface area contributed by atoms with Crippen LogP contribution in [0.5, 0.6) is 11.5 Å². The number of carbonyl (C=O) groups excluding carboxylic acids is 3. The zero-order valence-corrected chi connectivity index (χ0v) is 22.8. The molecule has 0 unspecified atom stereocenters. The Kier molecular flexibility index (Phi) is 7.29. The van der Waals surface area contributed by atoms with Crippen LogP contribution in [0.2, 0.25) is 0 Å². The van der Waals surface area contributed by atoms with E-state index in [-0.39, 0.29) is 30.4 Å². The Morgan fingerprint density at radius 3 is 2.56 bits per heavy atom. The van der Waals surface area contributed by atoms with Gasteiger partial charge in [-0.05, 0) is 65.2 Å². The van der Waals surface area contributed by atoms with E-state index in [4.69, 9.17) is 9.47 Å². The first-order valence-corrected chi connectivity index (χ1v) is 13.8. The summed E-state index contributed by atoms with van der Waals surface area (Å²) in [5.41, 5.74) is 2.75. The van der Waals surface area contributed by atoms with Crippen LogP contribution in [0.15, 0.2) is 84.9 Å².